The van der Waals surface area contributed by atoms with Crippen LogP contribution in [0.3, 0.4) is 0 Å². The molecule has 0 aliphatic heterocycles. The van der Waals surface area contributed by atoms with Crippen molar-refractivity contribution >= 4 is 5.97 Å². The van der Waals surface area contributed by atoms with Crippen molar-refractivity contribution in [2.45, 2.75) is 0 Å². The second-order valence-electron chi connectivity index (χ2n) is 4.21. The minimum Gasteiger partial charge on any atom is -0.748 e. The maximum absolute atomic E-state index is 11.3. The number of carbonyl (C=O) groups excluding carboxylic acids is 1. The van der Waals surface area contributed by atoms with Gasteiger partial charge in [0.05, 0.1) is 7.11 Å². The molecule has 3 heteroatoms. The van der Waals surface area contributed by atoms with Gasteiger partial charge in [-0.3, -0.25) is 0 Å². The van der Waals surface area contributed by atoms with Gasteiger partial charge in [-0.15, -0.1) is 29.8 Å². The Balaban J connectivity index is 0.000000313. The summed E-state index contributed by atoms with van der Waals surface area (Å²) in [6.45, 7) is 0. The first-order valence-corrected chi connectivity index (χ1v) is 6.38. The molecule has 0 aliphatic carbocycles. The Morgan fingerprint density at radius 1 is 1.00 bits per heavy atom. The molecule has 0 radical (unpaired) electrons. The Morgan fingerprint density at radius 2 is 1.57 bits per heavy atom. The minimum atomic E-state index is -0.302. The summed E-state index contributed by atoms with van der Waals surface area (Å²) in [5.74, 6) is -0.302. The second-order valence-corrected chi connectivity index (χ2v) is 4.21. The fourth-order valence-corrected chi connectivity index (χ4v) is 1.83. The minimum absolute atomic E-state index is 0. The van der Waals surface area contributed by atoms with Crippen LogP contribution in [-0.4, -0.2) is 13.1 Å². The molecule has 0 N–H and O–H groups in total. The smallest absolute Gasteiger partial charge is 0.330 e. The normalized spacial score (nSPS) is 9.00. The van der Waals surface area contributed by atoms with Crippen LogP contribution in [0.15, 0.2) is 78.9 Å². The zero-order valence-electron chi connectivity index (χ0n) is 11.7. The van der Waals surface area contributed by atoms with E-state index in [1.807, 2.05) is 72.8 Å². The zero-order chi connectivity index (χ0) is 14.2. The quantitative estimate of drug-likeness (QED) is 0.401. The summed E-state index contributed by atoms with van der Waals surface area (Å²) in [6, 6.07) is 25.4. The van der Waals surface area contributed by atoms with Crippen molar-refractivity contribution in [3.8, 4) is 11.1 Å². The first kappa shape index (κ1) is 17.0. The molecular weight excluding hydrogens is 304 g/mol. The van der Waals surface area contributed by atoms with E-state index in [-0.39, 0.29) is 23.0 Å². The van der Waals surface area contributed by atoms with Gasteiger partial charge in [-0.1, -0.05) is 17.7 Å². The van der Waals surface area contributed by atoms with Crippen molar-refractivity contribution in [1.29, 1.82) is 0 Å². The Morgan fingerprint density at radius 3 is 2.10 bits per heavy atom. The van der Waals surface area contributed by atoms with Gasteiger partial charge in [0.2, 0.25) is 0 Å². The number of esters is 1. The molecule has 0 atom stereocenters. The van der Waals surface area contributed by atoms with Crippen LogP contribution in [0.1, 0.15) is 10.4 Å². The number of rotatable bonds is 2. The van der Waals surface area contributed by atoms with Crippen molar-refractivity contribution in [3.05, 3.63) is 84.4 Å². The van der Waals surface area contributed by atoms with E-state index in [4.69, 9.17) is 0 Å². The van der Waals surface area contributed by atoms with E-state index >= 15 is 0 Å². The summed E-state index contributed by atoms with van der Waals surface area (Å²) < 4.78 is 4.67. The average Bonchev–Trinajstić information content (AvgIpc) is 3.21. The Kier molecular flexibility index (Phi) is 7.24. The maximum atomic E-state index is 11.3. The summed E-state index contributed by atoms with van der Waals surface area (Å²) in [5.41, 5.74) is 2.72. The van der Waals surface area contributed by atoms with Gasteiger partial charge in [-0.05, 0) is 0 Å². The zero-order valence-corrected chi connectivity index (χ0v) is 12.8. The first-order valence-electron chi connectivity index (χ1n) is 6.38. The molecule has 3 rings (SSSR count). The van der Waals surface area contributed by atoms with E-state index in [1.165, 1.54) is 7.11 Å². The van der Waals surface area contributed by atoms with Crippen LogP contribution < -0.4 is 0 Å². The maximum Gasteiger partial charge on any atom is 0.330 e. The number of ether oxygens (including phenoxy) is 1. The second kappa shape index (κ2) is 8.96. The van der Waals surface area contributed by atoms with Gasteiger partial charge in [0.1, 0.15) is 0 Å². The summed E-state index contributed by atoms with van der Waals surface area (Å²) >= 11 is 0. The molecule has 0 spiro atoms. The Hall–Kier alpha value is -2.09. The monoisotopic (exact) mass is 320 g/mol. The third kappa shape index (κ3) is 5.07. The molecule has 0 saturated heterocycles. The number of benzene rings is 1. The number of methoxy groups -OCH3 is 1. The number of carbonyl (C=O) groups is 1. The summed E-state index contributed by atoms with van der Waals surface area (Å²) in [6.07, 6.45) is 0. The molecule has 0 heterocycles. The largest absolute Gasteiger partial charge is 0.748 e. The van der Waals surface area contributed by atoms with Gasteiger partial charge in [0.15, 0.2) is 0 Å². The molecule has 3 aromatic rings. The molecule has 21 heavy (non-hydrogen) atoms. The van der Waals surface area contributed by atoms with Crippen molar-refractivity contribution in [3.63, 3.8) is 0 Å². The van der Waals surface area contributed by atoms with Gasteiger partial charge in [0, 0.05) is 22.6 Å². The number of hydrogen-bond acceptors (Lipinski definition) is 2. The molecule has 0 saturated carbocycles. The van der Waals surface area contributed by atoms with Gasteiger partial charge in [-0.2, -0.15) is 12.1 Å². The SMILES string of the molecule is COC(=O)c1cccc(-[c-]2cccc2)c1.[Fe].[cH-]1[cH-][cH-][cH-][cH-]1. The molecule has 0 bridgehead atoms. The van der Waals surface area contributed by atoms with Crippen molar-refractivity contribution in [2.24, 2.45) is 0 Å². The molecular formula is C18H16FeO2-6. The summed E-state index contributed by atoms with van der Waals surface area (Å²) in [4.78, 5) is 11.3. The third-order valence-electron chi connectivity index (χ3n) is 2.84. The van der Waals surface area contributed by atoms with Crippen LogP contribution in [0.4, 0.5) is 0 Å². The topological polar surface area (TPSA) is 26.3 Å². The van der Waals surface area contributed by atoms with Gasteiger partial charge in [0.25, 0.3) is 0 Å². The van der Waals surface area contributed by atoms with Crippen LogP contribution in [0, 0.1) is 0 Å². The molecule has 0 unspecified atom stereocenters. The Bertz CT molecular complexity index is 608. The van der Waals surface area contributed by atoms with Gasteiger partial charge in [-0.25, -0.2) is 4.79 Å². The molecule has 0 aromatic heterocycles. The Labute approximate surface area is 135 Å². The van der Waals surface area contributed by atoms with Crippen molar-refractivity contribution < 1.29 is 26.6 Å². The van der Waals surface area contributed by atoms with Crippen molar-refractivity contribution in [2.75, 3.05) is 7.11 Å². The van der Waals surface area contributed by atoms with Gasteiger partial charge < -0.3 is 35.1 Å². The molecule has 2 nitrogen and oxygen atoms in total. The van der Waals surface area contributed by atoms with E-state index in [9.17, 15) is 4.79 Å². The number of hydrogen-bond donors (Lipinski definition) is 0. The third-order valence-corrected chi connectivity index (χ3v) is 2.84. The fourth-order valence-electron chi connectivity index (χ4n) is 1.83. The van der Waals surface area contributed by atoms with Crippen LogP contribution in [-0.2, 0) is 21.8 Å². The van der Waals surface area contributed by atoms with Crippen LogP contribution in [0.2, 0.25) is 0 Å². The summed E-state index contributed by atoms with van der Waals surface area (Å²) in [7, 11) is 1.39. The van der Waals surface area contributed by atoms with E-state index in [2.05, 4.69) is 4.74 Å². The fraction of sp³-hybridized carbons (Fsp3) is 0.0556. The average molecular weight is 320 g/mol. The predicted octanol–water partition coefficient (Wildman–Crippen LogP) is 4.26. The summed E-state index contributed by atoms with van der Waals surface area (Å²) in [5, 5.41) is 0. The molecule has 114 valence electrons. The van der Waals surface area contributed by atoms with E-state index in [1.54, 1.807) is 6.07 Å². The standard InChI is InChI=1S/C13H11O2.C5H5.Fe/c1-15-13(14)12-8-4-7-11(9-12)10-5-2-3-6-10;1-2-4-5-3-1;/h2-9H,1H3;1-5H;/q-1;-5;. The predicted molar refractivity (Wildman–Crippen MR) is 80.8 cm³/mol. The molecule has 3 aromatic carbocycles. The van der Waals surface area contributed by atoms with E-state index in [0.29, 0.717) is 5.56 Å². The van der Waals surface area contributed by atoms with Crippen molar-refractivity contribution in [1.82, 2.24) is 0 Å². The van der Waals surface area contributed by atoms with E-state index in [0.717, 1.165) is 11.1 Å². The van der Waals surface area contributed by atoms with E-state index < -0.39 is 0 Å². The molecule has 0 fully saturated rings. The van der Waals surface area contributed by atoms with Crippen LogP contribution in [0.25, 0.3) is 11.1 Å². The molecule has 0 amide bonds. The molecule has 0 aliphatic rings. The van der Waals surface area contributed by atoms with Crippen LogP contribution >= 0.6 is 0 Å². The first-order chi connectivity index (χ1) is 9.81. The van der Waals surface area contributed by atoms with Gasteiger partial charge >= 0.3 is 5.97 Å². The van der Waals surface area contributed by atoms with Crippen LogP contribution in [0.5, 0.6) is 0 Å².